The Bertz CT molecular complexity index is 381. The van der Waals surface area contributed by atoms with Gasteiger partial charge in [-0.15, -0.1) is 0 Å². The molecule has 0 radical (unpaired) electrons. The quantitative estimate of drug-likeness (QED) is 0.752. The SMILES string of the molecule is C[C@H](CCO)NC(=O)c1ccc(Cl)cc1O. The highest BCUT2D eigenvalue weighted by molar-refractivity contribution is 6.30. The molecule has 0 saturated carbocycles. The normalized spacial score (nSPS) is 12.2. The highest BCUT2D eigenvalue weighted by Crippen LogP contribution is 2.21. The second-order valence-electron chi connectivity index (χ2n) is 3.55. The summed E-state index contributed by atoms with van der Waals surface area (Å²) in [6.07, 6.45) is 0.472. The molecule has 0 aliphatic carbocycles. The summed E-state index contributed by atoms with van der Waals surface area (Å²) in [6.45, 7) is 1.79. The molecule has 3 N–H and O–H groups in total. The number of phenolic OH excluding ortho intramolecular Hbond substituents is 1. The van der Waals surface area contributed by atoms with Gasteiger partial charge < -0.3 is 15.5 Å². The standard InChI is InChI=1S/C11H14ClNO3/c1-7(4-5-14)13-11(16)9-3-2-8(12)6-10(9)15/h2-3,6-7,14-15H,4-5H2,1H3,(H,13,16)/t7-/m1/s1. The zero-order chi connectivity index (χ0) is 12.1. The zero-order valence-electron chi connectivity index (χ0n) is 8.90. The maximum absolute atomic E-state index is 11.7. The molecule has 1 atom stereocenters. The fraction of sp³-hybridized carbons (Fsp3) is 0.364. The van der Waals surface area contributed by atoms with Crippen LogP contribution in [0.2, 0.25) is 5.02 Å². The largest absolute Gasteiger partial charge is 0.507 e. The Kier molecular flexibility index (Phi) is 4.58. The van der Waals surface area contributed by atoms with E-state index >= 15 is 0 Å². The van der Waals surface area contributed by atoms with Crippen LogP contribution in [0.25, 0.3) is 0 Å². The fourth-order valence-electron chi connectivity index (χ4n) is 1.26. The Labute approximate surface area is 98.9 Å². The molecule has 1 rings (SSSR count). The van der Waals surface area contributed by atoms with Gasteiger partial charge >= 0.3 is 0 Å². The van der Waals surface area contributed by atoms with Crippen molar-refractivity contribution in [2.24, 2.45) is 0 Å². The Balaban J connectivity index is 2.73. The third-order valence-electron chi connectivity index (χ3n) is 2.14. The van der Waals surface area contributed by atoms with E-state index in [1.165, 1.54) is 18.2 Å². The average Bonchev–Trinajstić information content (AvgIpc) is 2.17. The van der Waals surface area contributed by atoms with Gasteiger partial charge in [0.1, 0.15) is 5.75 Å². The van der Waals surface area contributed by atoms with E-state index in [1.807, 2.05) is 0 Å². The van der Waals surface area contributed by atoms with Gasteiger partial charge in [-0.25, -0.2) is 0 Å². The van der Waals surface area contributed by atoms with E-state index in [0.717, 1.165) is 0 Å². The topological polar surface area (TPSA) is 69.6 Å². The van der Waals surface area contributed by atoms with Gasteiger partial charge in [0, 0.05) is 17.7 Å². The summed E-state index contributed by atoms with van der Waals surface area (Å²) in [7, 11) is 0. The number of hydrogen-bond acceptors (Lipinski definition) is 3. The molecule has 88 valence electrons. The van der Waals surface area contributed by atoms with Crippen LogP contribution in [0, 0.1) is 0 Å². The van der Waals surface area contributed by atoms with Gasteiger partial charge in [-0.2, -0.15) is 0 Å². The molecule has 1 amide bonds. The fourth-order valence-corrected chi connectivity index (χ4v) is 1.43. The minimum atomic E-state index is -0.380. The van der Waals surface area contributed by atoms with Crippen LogP contribution in [-0.2, 0) is 0 Å². The van der Waals surface area contributed by atoms with E-state index in [9.17, 15) is 9.90 Å². The maximum atomic E-state index is 11.7. The predicted octanol–water partition coefficient (Wildman–Crippen LogP) is 1.55. The predicted molar refractivity (Wildman–Crippen MR) is 61.7 cm³/mol. The molecule has 0 heterocycles. The summed E-state index contributed by atoms with van der Waals surface area (Å²) in [4.78, 5) is 11.7. The van der Waals surface area contributed by atoms with Crippen LogP contribution in [0.1, 0.15) is 23.7 Å². The first-order valence-corrected chi connectivity index (χ1v) is 5.32. The van der Waals surface area contributed by atoms with Gasteiger partial charge in [-0.3, -0.25) is 4.79 Å². The van der Waals surface area contributed by atoms with Crippen molar-refractivity contribution in [1.82, 2.24) is 5.32 Å². The first-order valence-electron chi connectivity index (χ1n) is 4.95. The summed E-state index contributed by atoms with van der Waals surface area (Å²) in [5.41, 5.74) is 0.175. The summed E-state index contributed by atoms with van der Waals surface area (Å²) in [6, 6.07) is 4.16. The smallest absolute Gasteiger partial charge is 0.255 e. The number of halogens is 1. The van der Waals surface area contributed by atoms with Crippen LogP contribution in [0.5, 0.6) is 5.75 Å². The maximum Gasteiger partial charge on any atom is 0.255 e. The molecule has 0 aliphatic rings. The number of phenols is 1. The highest BCUT2D eigenvalue weighted by atomic mass is 35.5. The van der Waals surface area contributed by atoms with E-state index in [1.54, 1.807) is 6.92 Å². The van der Waals surface area contributed by atoms with E-state index < -0.39 is 0 Å². The van der Waals surface area contributed by atoms with Gasteiger partial charge in [-0.05, 0) is 31.5 Å². The summed E-state index contributed by atoms with van der Waals surface area (Å²) in [5, 5.41) is 21.2. The van der Waals surface area contributed by atoms with Crippen molar-refractivity contribution in [3.63, 3.8) is 0 Å². The van der Waals surface area contributed by atoms with Crippen LogP contribution in [0.4, 0.5) is 0 Å². The first kappa shape index (κ1) is 12.8. The number of amides is 1. The monoisotopic (exact) mass is 243 g/mol. The molecular weight excluding hydrogens is 230 g/mol. The molecule has 1 aromatic rings. The summed E-state index contributed by atoms with van der Waals surface area (Å²) >= 11 is 5.65. The molecule has 0 aromatic heterocycles. The Hall–Kier alpha value is -1.26. The summed E-state index contributed by atoms with van der Waals surface area (Å²) in [5.74, 6) is -0.531. The van der Waals surface area contributed by atoms with Crippen LogP contribution in [0.3, 0.4) is 0 Å². The van der Waals surface area contributed by atoms with E-state index in [-0.39, 0.29) is 29.9 Å². The third kappa shape index (κ3) is 3.40. The Morgan fingerprint density at radius 3 is 2.81 bits per heavy atom. The second kappa shape index (κ2) is 5.72. The second-order valence-corrected chi connectivity index (χ2v) is 3.98. The molecule has 1 aromatic carbocycles. The number of carbonyl (C=O) groups is 1. The number of benzene rings is 1. The van der Waals surface area contributed by atoms with Gasteiger partial charge in [0.15, 0.2) is 0 Å². The lowest BCUT2D eigenvalue weighted by Gasteiger charge is -2.13. The van der Waals surface area contributed by atoms with Crippen LogP contribution >= 0.6 is 11.6 Å². The molecule has 16 heavy (non-hydrogen) atoms. The molecule has 0 aliphatic heterocycles. The number of rotatable bonds is 4. The van der Waals surface area contributed by atoms with Crippen LogP contribution in [-0.4, -0.2) is 28.8 Å². The van der Waals surface area contributed by atoms with Crippen molar-refractivity contribution in [2.75, 3.05) is 6.61 Å². The number of aliphatic hydroxyl groups is 1. The van der Waals surface area contributed by atoms with Gasteiger partial charge in [0.05, 0.1) is 5.56 Å². The summed E-state index contributed by atoms with van der Waals surface area (Å²) < 4.78 is 0. The highest BCUT2D eigenvalue weighted by Gasteiger charge is 2.13. The van der Waals surface area contributed by atoms with E-state index in [2.05, 4.69) is 5.32 Å². The number of carbonyl (C=O) groups excluding carboxylic acids is 1. The third-order valence-corrected chi connectivity index (χ3v) is 2.38. The minimum Gasteiger partial charge on any atom is -0.507 e. The Morgan fingerprint density at radius 1 is 1.56 bits per heavy atom. The Morgan fingerprint density at radius 2 is 2.25 bits per heavy atom. The minimum absolute atomic E-state index is 0.00798. The van der Waals surface area contributed by atoms with Crippen molar-refractivity contribution >= 4 is 17.5 Å². The number of hydrogen-bond donors (Lipinski definition) is 3. The van der Waals surface area contributed by atoms with Gasteiger partial charge in [-0.1, -0.05) is 11.6 Å². The number of nitrogens with one attached hydrogen (secondary N) is 1. The molecular formula is C11H14ClNO3. The molecule has 0 saturated heterocycles. The van der Waals surface area contributed by atoms with Crippen molar-refractivity contribution in [2.45, 2.75) is 19.4 Å². The van der Waals surface area contributed by atoms with Crippen molar-refractivity contribution in [1.29, 1.82) is 0 Å². The lowest BCUT2D eigenvalue weighted by atomic mass is 10.1. The van der Waals surface area contributed by atoms with Crippen molar-refractivity contribution in [3.05, 3.63) is 28.8 Å². The van der Waals surface area contributed by atoms with E-state index in [4.69, 9.17) is 16.7 Å². The van der Waals surface area contributed by atoms with Crippen LogP contribution in [0.15, 0.2) is 18.2 Å². The van der Waals surface area contributed by atoms with Crippen molar-refractivity contribution in [3.8, 4) is 5.75 Å². The first-order chi connectivity index (χ1) is 7.54. The lowest BCUT2D eigenvalue weighted by molar-refractivity contribution is 0.0932. The molecule has 0 spiro atoms. The lowest BCUT2D eigenvalue weighted by Crippen LogP contribution is -2.33. The average molecular weight is 244 g/mol. The molecule has 0 bridgehead atoms. The molecule has 0 unspecified atom stereocenters. The number of aromatic hydroxyl groups is 1. The van der Waals surface area contributed by atoms with Gasteiger partial charge in [0.2, 0.25) is 0 Å². The molecule has 0 fully saturated rings. The van der Waals surface area contributed by atoms with E-state index in [0.29, 0.717) is 11.4 Å². The van der Waals surface area contributed by atoms with Crippen molar-refractivity contribution < 1.29 is 15.0 Å². The zero-order valence-corrected chi connectivity index (χ0v) is 9.66. The van der Waals surface area contributed by atoms with Gasteiger partial charge in [0.25, 0.3) is 5.91 Å². The molecule has 5 heteroatoms. The number of aliphatic hydroxyl groups excluding tert-OH is 1. The van der Waals surface area contributed by atoms with Crippen LogP contribution < -0.4 is 5.32 Å². The molecule has 4 nitrogen and oxygen atoms in total.